The summed E-state index contributed by atoms with van der Waals surface area (Å²) >= 11 is 0. The number of carbonyl (C=O) groups is 4. The lowest BCUT2D eigenvalue weighted by Crippen LogP contribution is -2.44. The molecule has 0 aliphatic rings. The van der Waals surface area contributed by atoms with Crippen molar-refractivity contribution in [1.29, 1.82) is 0 Å². The average molecular weight is 922 g/mol. The maximum Gasteiger partial charge on any atom is 0.408 e. The topological polar surface area (TPSA) is 165 Å². The Kier molecular flexibility index (Phi) is 18.3. The number of hydrogen-bond acceptors (Lipinski definition) is 10. The molecule has 0 aromatic heterocycles. The van der Waals surface area contributed by atoms with Gasteiger partial charge in [0.15, 0.2) is 0 Å². The van der Waals surface area contributed by atoms with Crippen molar-refractivity contribution in [2.24, 2.45) is 5.73 Å². The lowest BCUT2D eigenvalue weighted by Gasteiger charge is -2.22. The first-order valence-electron chi connectivity index (χ1n) is 22.3. The molecule has 0 heterocycles. The zero-order valence-electron chi connectivity index (χ0n) is 38.3. The van der Waals surface area contributed by atoms with Crippen LogP contribution in [0.5, 0.6) is 11.5 Å². The van der Waals surface area contributed by atoms with Crippen LogP contribution in [-0.2, 0) is 67.9 Å². The van der Waals surface area contributed by atoms with Crippen molar-refractivity contribution in [2.45, 2.75) is 77.0 Å². The van der Waals surface area contributed by atoms with Crippen LogP contribution in [0.15, 0.2) is 158 Å². The van der Waals surface area contributed by atoms with Crippen LogP contribution < -0.4 is 25.8 Å². The van der Waals surface area contributed by atoms with Crippen LogP contribution in [0.1, 0.15) is 33.4 Å². The van der Waals surface area contributed by atoms with E-state index in [9.17, 15) is 19.2 Å². The molecule has 0 saturated heterocycles. The Morgan fingerprint density at radius 2 is 1.00 bits per heavy atom. The Morgan fingerprint density at radius 1 is 0.552 bits per heavy atom. The molecule has 0 aliphatic carbocycles. The number of ether oxygens (including phenoxy) is 5. The molecule has 0 saturated carbocycles. The van der Waals surface area contributed by atoms with E-state index in [0.29, 0.717) is 22.6 Å². The van der Waals surface area contributed by atoms with Gasteiger partial charge in [-0.15, -0.1) is 0 Å². The normalized spacial score (nSPS) is 11.9. The van der Waals surface area contributed by atoms with Gasteiger partial charge in [0.2, 0.25) is 5.91 Å². The van der Waals surface area contributed by atoms with Crippen molar-refractivity contribution < 1.29 is 42.9 Å². The first kappa shape index (κ1) is 49.2. The van der Waals surface area contributed by atoms with Crippen LogP contribution in [0, 0.1) is 0 Å². The number of esters is 2. The predicted molar refractivity (Wildman–Crippen MR) is 261 cm³/mol. The highest BCUT2D eigenvalue weighted by atomic mass is 28.3. The first-order valence-corrected chi connectivity index (χ1v) is 26.1. The van der Waals surface area contributed by atoms with E-state index in [1.54, 1.807) is 0 Å². The number of carbonyl (C=O) groups excluding carboxylic acids is 4. The number of benzene rings is 6. The van der Waals surface area contributed by atoms with Crippen molar-refractivity contribution in [3.05, 3.63) is 191 Å². The predicted octanol–water partition coefficient (Wildman–Crippen LogP) is 8.96. The van der Waals surface area contributed by atoms with Crippen LogP contribution >= 0.6 is 0 Å². The minimum absolute atomic E-state index is 0.0188. The van der Waals surface area contributed by atoms with E-state index in [4.69, 9.17) is 29.4 Å². The molecule has 0 spiro atoms. The Morgan fingerprint density at radius 3 is 1.48 bits per heavy atom. The molecule has 0 aliphatic heterocycles. The van der Waals surface area contributed by atoms with Gasteiger partial charge in [-0.05, 0) is 74.8 Å². The van der Waals surface area contributed by atoms with Gasteiger partial charge in [0.25, 0.3) is 0 Å². The van der Waals surface area contributed by atoms with E-state index < -0.39 is 44.1 Å². The Balaban J connectivity index is 1.26. The summed E-state index contributed by atoms with van der Waals surface area (Å²) in [4.78, 5) is 53.0. The third kappa shape index (κ3) is 16.6. The van der Waals surface area contributed by atoms with Gasteiger partial charge >= 0.3 is 18.0 Å². The molecule has 0 bridgehead atoms. The average Bonchev–Trinajstić information content (AvgIpc) is 3.34. The second kappa shape index (κ2) is 24.9. The van der Waals surface area contributed by atoms with E-state index in [-0.39, 0.29) is 52.4 Å². The summed E-state index contributed by atoms with van der Waals surface area (Å²) in [6, 6.07) is 47.9. The maximum atomic E-state index is 13.9. The number of amides is 2. The van der Waals surface area contributed by atoms with Crippen molar-refractivity contribution in [1.82, 2.24) is 10.6 Å². The SMILES string of the molecule is C[Si](C)(C)CCOC(=O)[C@H](Cc1cc(-c2ccc(OCc3ccccc3)c(C[C@H](N)C(=O)NCC(=O)OCc3ccccc3)c2)ccc1OCc1ccccc1)NC(=O)OCc1ccccc1. The molecule has 2 atom stereocenters. The molecular formula is C54H59N3O9Si. The molecule has 12 nitrogen and oxygen atoms in total. The van der Waals surface area contributed by atoms with Gasteiger partial charge in [-0.3, -0.25) is 9.59 Å². The second-order valence-corrected chi connectivity index (χ2v) is 22.9. The summed E-state index contributed by atoms with van der Waals surface area (Å²) < 4.78 is 29.4. The second-order valence-electron chi connectivity index (χ2n) is 17.3. The molecule has 67 heavy (non-hydrogen) atoms. The summed E-state index contributed by atoms with van der Waals surface area (Å²) in [5, 5.41) is 5.38. The fraction of sp³-hybridized carbons (Fsp3) is 0.259. The zero-order valence-corrected chi connectivity index (χ0v) is 39.3. The van der Waals surface area contributed by atoms with E-state index >= 15 is 0 Å². The molecule has 348 valence electrons. The Hall–Kier alpha value is -7.22. The van der Waals surface area contributed by atoms with Gasteiger partial charge in [0, 0.05) is 20.9 Å². The van der Waals surface area contributed by atoms with Gasteiger partial charge < -0.3 is 40.1 Å². The van der Waals surface area contributed by atoms with Crippen LogP contribution in [0.2, 0.25) is 25.7 Å². The lowest BCUT2D eigenvalue weighted by atomic mass is 9.95. The van der Waals surface area contributed by atoms with Gasteiger partial charge in [0.05, 0.1) is 12.6 Å². The summed E-state index contributed by atoms with van der Waals surface area (Å²) in [7, 11) is -1.55. The van der Waals surface area contributed by atoms with Gasteiger partial charge in [-0.2, -0.15) is 0 Å². The van der Waals surface area contributed by atoms with Crippen molar-refractivity contribution in [3.8, 4) is 22.6 Å². The summed E-state index contributed by atoms with van der Waals surface area (Å²) in [5.74, 6) is -0.674. The zero-order chi connectivity index (χ0) is 47.4. The van der Waals surface area contributed by atoms with Gasteiger partial charge in [-0.25, -0.2) is 9.59 Å². The largest absolute Gasteiger partial charge is 0.489 e. The number of rotatable bonds is 23. The van der Waals surface area contributed by atoms with Crippen molar-refractivity contribution in [3.63, 3.8) is 0 Å². The van der Waals surface area contributed by atoms with Crippen LogP contribution in [0.4, 0.5) is 4.79 Å². The van der Waals surface area contributed by atoms with E-state index in [0.717, 1.165) is 39.4 Å². The molecular weight excluding hydrogens is 863 g/mol. The monoisotopic (exact) mass is 921 g/mol. The van der Waals surface area contributed by atoms with E-state index in [2.05, 4.69) is 30.3 Å². The molecule has 13 heteroatoms. The third-order valence-electron chi connectivity index (χ3n) is 10.7. The van der Waals surface area contributed by atoms with Gasteiger partial charge in [-0.1, -0.05) is 153 Å². The molecule has 0 unspecified atom stereocenters. The first-order chi connectivity index (χ1) is 32.4. The highest BCUT2D eigenvalue weighted by Gasteiger charge is 2.27. The maximum absolute atomic E-state index is 13.9. The highest BCUT2D eigenvalue weighted by Crippen LogP contribution is 2.33. The molecule has 6 aromatic carbocycles. The van der Waals surface area contributed by atoms with Gasteiger partial charge in [0.1, 0.15) is 50.5 Å². The van der Waals surface area contributed by atoms with Crippen LogP contribution in [0.3, 0.4) is 0 Å². The molecule has 6 rings (SSSR count). The minimum Gasteiger partial charge on any atom is -0.489 e. The highest BCUT2D eigenvalue weighted by molar-refractivity contribution is 6.76. The number of nitrogens with one attached hydrogen (secondary N) is 2. The van der Waals surface area contributed by atoms with E-state index in [1.807, 2.05) is 158 Å². The standard InChI is InChI=1S/C54H59N3O9Si/c1-67(2,3)29-28-62-53(60)48(57-54(61)66-38-42-22-14-7-15-23-42)33-46-31-44(25-27-50(46)64-36-40-18-10-5-11-19-40)43-24-26-49(63-35-39-16-8-4-9-17-39)45(30-43)32-47(55)52(59)56-34-51(58)65-37-41-20-12-6-13-21-41/h4-27,30-31,47-48H,28-29,32-38,55H2,1-3H3,(H,56,59)(H,57,61)/t47-,48-/m0/s1. The van der Waals surface area contributed by atoms with Crippen LogP contribution in [0.25, 0.3) is 11.1 Å². The fourth-order valence-corrected chi connectivity index (χ4v) is 7.59. The molecule has 0 fully saturated rings. The Labute approximate surface area is 393 Å². The van der Waals surface area contributed by atoms with Crippen LogP contribution in [-0.4, -0.2) is 57.2 Å². The minimum atomic E-state index is -1.55. The third-order valence-corrected chi connectivity index (χ3v) is 12.4. The molecule has 0 radical (unpaired) electrons. The van der Waals surface area contributed by atoms with Crippen molar-refractivity contribution in [2.75, 3.05) is 13.2 Å². The lowest BCUT2D eigenvalue weighted by molar-refractivity contribution is -0.146. The molecule has 2 amide bonds. The fourth-order valence-electron chi connectivity index (χ4n) is 6.88. The van der Waals surface area contributed by atoms with Crippen molar-refractivity contribution >= 4 is 32.0 Å². The number of alkyl carbamates (subject to hydrolysis) is 1. The summed E-state index contributed by atoms with van der Waals surface area (Å²) in [6.07, 6.45) is -0.665. The molecule has 4 N–H and O–H groups in total. The quantitative estimate of drug-likeness (QED) is 0.0321. The Bertz CT molecular complexity index is 2520. The number of hydrogen-bond donors (Lipinski definition) is 3. The van der Waals surface area contributed by atoms with E-state index in [1.165, 1.54) is 0 Å². The molecule has 6 aromatic rings. The number of nitrogens with two attached hydrogens (primary N) is 1. The summed E-state index contributed by atoms with van der Waals surface area (Å²) in [5.41, 5.74) is 12.8. The summed E-state index contributed by atoms with van der Waals surface area (Å²) in [6.45, 7) is 7.10. The smallest absolute Gasteiger partial charge is 0.408 e.